The Bertz CT molecular complexity index is 592. The molecule has 1 amide bonds. The Labute approximate surface area is 142 Å². The summed E-state index contributed by atoms with van der Waals surface area (Å²) in [6, 6.07) is 1.99. The Morgan fingerprint density at radius 2 is 2.04 bits per heavy atom. The van der Waals surface area contributed by atoms with Crippen LogP contribution in [-0.4, -0.2) is 60.9 Å². The SMILES string of the molecule is CC(C)(C)OC(=O)N1CCN(c2nccc3c2OCCNC3)CC1. The summed E-state index contributed by atoms with van der Waals surface area (Å²) in [5, 5.41) is 3.34. The van der Waals surface area contributed by atoms with Gasteiger partial charge in [-0.2, -0.15) is 0 Å². The Kier molecular flexibility index (Phi) is 4.80. The lowest BCUT2D eigenvalue weighted by Gasteiger charge is -2.36. The van der Waals surface area contributed by atoms with E-state index in [9.17, 15) is 4.79 Å². The summed E-state index contributed by atoms with van der Waals surface area (Å²) in [7, 11) is 0. The zero-order valence-corrected chi connectivity index (χ0v) is 14.7. The van der Waals surface area contributed by atoms with Crippen LogP contribution in [0.4, 0.5) is 10.6 Å². The normalized spacial score (nSPS) is 18.5. The second-order valence-corrected chi connectivity index (χ2v) is 7.10. The second-order valence-electron chi connectivity index (χ2n) is 7.10. The molecule has 0 bridgehead atoms. The lowest BCUT2D eigenvalue weighted by atomic mass is 10.2. The maximum Gasteiger partial charge on any atom is 0.410 e. The maximum atomic E-state index is 12.2. The first-order valence-electron chi connectivity index (χ1n) is 8.48. The molecule has 3 heterocycles. The fourth-order valence-corrected chi connectivity index (χ4v) is 2.87. The number of nitrogens with one attached hydrogen (secondary N) is 1. The van der Waals surface area contributed by atoms with Crippen LogP contribution >= 0.6 is 0 Å². The summed E-state index contributed by atoms with van der Waals surface area (Å²) < 4.78 is 11.3. The van der Waals surface area contributed by atoms with Gasteiger partial charge in [-0.1, -0.05) is 0 Å². The number of nitrogens with zero attached hydrogens (tertiary/aromatic N) is 3. The van der Waals surface area contributed by atoms with Crippen molar-refractivity contribution >= 4 is 11.9 Å². The molecule has 7 heteroatoms. The Hall–Kier alpha value is -2.02. The zero-order chi connectivity index (χ0) is 17.2. The van der Waals surface area contributed by atoms with Crippen molar-refractivity contribution in [1.82, 2.24) is 15.2 Å². The van der Waals surface area contributed by atoms with Crippen molar-refractivity contribution in [2.24, 2.45) is 0 Å². The van der Waals surface area contributed by atoms with Crippen LogP contribution < -0.4 is 15.0 Å². The first kappa shape index (κ1) is 16.8. The van der Waals surface area contributed by atoms with Gasteiger partial charge < -0.3 is 24.6 Å². The number of hydrogen-bond acceptors (Lipinski definition) is 6. The van der Waals surface area contributed by atoms with Gasteiger partial charge in [0.05, 0.1) is 0 Å². The monoisotopic (exact) mass is 334 g/mol. The molecule has 0 unspecified atom stereocenters. The number of carbonyl (C=O) groups is 1. The van der Waals surface area contributed by atoms with Crippen molar-refractivity contribution < 1.29 is 14.3 Å². The molecule has 1 N–H and O–H groups in total. The largest absolute Gasteiger partial charge is 0.488 e. The number of carbonyl (C=O) groups excluding carboxylic acids is 1. The van der Waals surface area contributed by atoms with E-state index >= 15 is 0 Å². The van der Waals surface area contributed by atoms with E-state index in [2.05, 4.69) is 15.2 Å². The van der Waals surface area contributed by atoms with Gasteiger partial charge >= 0.3 is 6.09 Å². The summed E-state index contributed by atoms with van der Waals surface area (Å²) >= 11 is 0. The molecular formula is C17H26N4O3. The quantitative estimate of drug-likeness (QED) is 0.842. The number of anilines is 1. The highest BCUT2D eigenvalue weighted by Gasteiger charge is 2.28. The molecule has 7 nitrogen and oxygen atoms in total. The Morgan fingerprint density at radius 1 is 1.29 bits per heavy atom. The summed E-state index contributed by atoms with van der Waals surface area (Å²) in [6.45, 7) is 10.6. The van der Waals surface area contributed by atoms with Crippen LogP contribution in [0.5, 0.6) is 5.75 Å². The highest BCUT2D eigenvalue weighted by Crippen LogP contribution is 2.31. The van der Waals surface area contributed by atoms with Crippen LogP contribution in [0.2, 0.25) is 0 Å². The van der Waals surface area contributed by atoms with E-state index in [-0.39, 0.29) is 6.09 Å². The highest BCUT2D eigenvalue weighted by atomic mass is 16.6. The number of ether oxygens (including phenoxy) is 2. The van der Waals surface area contributed by atoms with E-state index < -0.39 is 5.60 Å². The minimum Gasteiger partial charge on any atom is -0.488 e. The predicted molar refractivity (Wildman–Crippen MR) is 91.5 cm³/mol. The van der Waals surface area contributed by atoms with Crippen molar-refractivity contribution in [3.8, 4) is 5.75 Å². The first-order valence-corrected chi connectivity index (χ1v) is 8.48. The number of hydrogen-bond donors (Lipinski definition) is 1. The molecule has 0 radical (unpaired) electrons. The average molecular weight is 334 g/mol. The van der Waals surface area contributed by atoms with Crippen molar-refractivity contribution in [3.63, 3.8) is 0 Å². The lowest BCUT2D eigenvalue weighted by molar-refractivity contribution is 0.0240. The van der Waals surface area contributed by atoms with Gasteiger partial charge in [0.1, 0.15) is 12.2 Å². The topological polar surface area (TPSA) is 66.9 Å². The predicted octanol–water partition coefficient (Wildman–Crippen LogP) is 1.62. The Morgan fingerprint density at radius 3 is 2.75 bits per heavy atom. The standard InChI is InChI=1S/C17H26N4O3/c1-17(2,3)24-16(22)21-9-7-20(8-10-21)15-14-13(4-5-19-15)12-18-6-11-23-14/h4-5,18H,6-12H2,1-3H3. The van der Waals surface area contributed by atoms with Gasteiger partial charge in [-0.05, 0) is 26.8 Å². The average Bonchev–Trinajstić information content (AvgIpc) is 2.78. The molecule has 0 saturated carbocycles. The third-order valence-electron chi connectivity index (χ3n) is 4.04. The van der Waals surface area contributed by atoms with E-state index in [1.165, 1.54) is 0 Å². The van der Waals surface area contributed by atoms with Crippen molar-refractivity contribution in [1.29, 1.82) is 0 Å². The van der Waals surface area contributed by atoms with Gasteiger partial charge in [-0.15, -0.1) is 0 Å². The van der Waals surface area contributed by atoms with Crippen molar-refractivity contribution in [2.75, 3.05) is 44.2 Å². The van der Waals surface area contributed by atoms with Crippen molar-refractivity contribution in [3.05, 3.63) is 17.8 Å². The van der Waals surface area contributed by atoms with Gasteiger partial charge in [0.2, 0.25) is 0 Å². The summed E-state index contributed by atoms with van der Waals surface area (Å²) in [5.74, 6) is 1.74. The molecule has 2 aliphatic heterocycles. The smallest absolute Gasteiger partial charge is 0.410 e. The van der Waals surface area contributed by atoms with E-state index in [0.717, 1.165) is 43.3 Å². The molecule has 1 fully saturated rings. The first-order chi connectivity index (χ1) is 11.4. The number of piperazine rings is 1. The molecule has 0 aromatic carbocycles. The third kappa shape index (κ3) is 3.90. The van der Waals surface area contributed by atoms with Gasteiger partial charge in [-0.3, -0.25) is 0 Å². The molecule has 1 aromatic heterocycles. The van der Waals surface area contributed by atoms with E-state index in [0.29, 0.717) is 19.7 Å². The number of aromatic nitrogens is 1. The maximum absolute atomic E-state index is 12.2. The summed E-state index contributed by atoms with van der Waals surface area (Å²) in [6.07, 6.45) is 1.58. The fourth-order valence-electron chi connectivity index (χ4n) is 2.87. The fraction of sp³-hybridized carbons (Fsp3) is 0.647. The van der Waals surface area contributed by atoms with Gasteiger partial charge in [0.25, 0.3) is 0 Å². The van der Waals surface area contributed by atoms with Gasteiger partial charge in [-0.25, -0.2) is 9.78 Å². The minimum atomic E-state index is -0.465. The van der Waals surface area contributed by atoms with Gasteiger partial charge in [0.15, 0.2) is 11.6 Å². The van der Waals surface area contributed by atoms with Gasteiger partial charge in [0, 0.05) is 51.0 Å². The third-order valence-corrected chi connectivity index (χ3v) is 4.04. The molecule has 0 atom stereocenters. The number of fused-ring (bicyclic) bond motifs is 1. The molecule has 2 aliphatic rings. The van der Waals surface area contributed by atoms with Crippen LogP contribution in [0.1, 0.15) is 26.3 Å². The highest BCUT2D eigenvalue weighted by molar-refractivity contribution is 5.69. The van der Waals surface area contributed by atoms with Crippen molar-refractivity contribution in [2.45, 2.75) is 32.9 Å². The molecule has 132 valence electrons. The molecule has 0 spiro atoms. The van der Waals surface area contributed by atoms with E-state index in [4.69, 9.17) is 9.47 Å². The molecule has 3 rings (SSSR count). The molecular weight excluding hydrogens is 308 g/mol. The van der Waals surface area contributed by atoms with Crippen LogP contribution in [0, 0.1) is 0 Å². The number of amides is 1. The molecule has 24 heavy (non-hydrogen) atoms. The molecule has 1 saturated heterocycles. The van der Waals surface area contributed by atoms with E-state index in [1.54, 1.807) is 4.90 Å². The van der Waals surface area contributed by atoms with Crippen LogP contribution in [-0.2, 0) is 11.3 Å². The number of rotatable bonds is 1. The Balaban J connectivity index is 1.66. The second kappa shape index (κ2) is 6.84. The lowest BCUT2D eigenvalue weighted by Crippen LogP contribution is -2.50. The van der Waals surface area contributed by atoms with Crippen LogP contribution in [0.15, 0.2) is 12.3 Å². The molecule has 0 aliphatic carbocycles. The molecule has 1 aromatic rings. The summed E-state index contributed by atoms with van der Waals surface area (Å²) in [5.41, 5.74) is 0.667. The van der Waals surface area contributed by atoms with Crippen LogP contribution in [0.3, 0.4) is 0 Å². The van der Waals surface area contributed by atoms with Crippen LogP contribution in [0.25, 0.3) is 0 Å². The minimum absolute atomic E-state index is 0.248. The van der Waals surface area contributed by atoms with E-state index in [1.807, 2.05) is 33.0 Å². The summed E-state index contributed by atoms with van der Waals surface area (Å²) in [4.78, 5) is 20.6. The number of pyridine rings is 1. The zero-order valence-electron chi connectivity index (χ0n) is 14.7.